The lowest BCUT2D eigenvalue weighted by Crippen LogP contribution is -2.25. The molecular formula is C19H21NO3. The predicted octanol–water partition coefficient (Wildman–Crippen LogP) is 4.13. The van der Waals surface area contributed by atoms with Crippen molar-refractivity contribution in [2.75, 3.05) is 13.7 Å². The van der Waals surface area contributed by atoms with Crippen LogP contribution >= 0.6 is 0 Å². The van der Waals surface area contributed by atoms with E-state index in [9.17, 15) is 0 Å². The van der Waals surface area contributed by atoms with Crippen molar-refractivity contribution in [3.63, 3.8) is 0 Å². The standard InChI is InChI=1S/C19H21NO3/c1-21-19-9-3-2-6-16(19)10-11-20(14-17-7-4-12-22-17)15-18-8-5-13-23-18/h2-9,12-13H,10-11,14-15H2,1H3. The Kier molecular flexibility index (Phi) is 5.17. The highest BCUT2D eigenvalue weighted by molar-refractivity contribution is 5.33. The van der Waals surface area contributed by atoms with Crippen molar-refractivity contribution < 1.29 is 13.6 Å². The minimum absolute atomic E-state index is 0.753. The normalized spacial score (nSPS) is 11.0. The molecule has 0 aliphatic heterocycles. The van der Waals surface area contributed by atoms with Gasteiger partial charge in [-0.3, -0.25) is 4.90 Å². The maximum atomic E-state index is 5.48. The van der Waals surface area contributed by atoms with Crippen molar-refractivity contribution in [3.8, 4) is 5.75 Å². The van der Waals surface area contributed by atoms with Crippen LogP contribution in [0.2, 0.25) is 0 Å². The molecular weight excluding hydrogens is 290 g/mol. The average molecular weight is 311 g/mol. The Morgan fingerprint density at radius 2 is 1.52 bits per heavy atom. The molecule has 0 saturated heterocycles. The second-order valence-electron chi connectivity index (χ2n) is 5.43. The quantitative estimate of drug-likeness (QED) is 0.627. The summed E-state index contributed by atoms with van der Waals surface area (Å²) in [5.74, 6) is 2.84. The lowest BCUT2D eigenvalue weighted by atomic mass is 10.1. The topological polar surface area (TPSA) is 38.8 Å². The first-order valence-electron chi connectivity index (χ1n) is 7.74. The molecule has 0 radical (unpaired) electrons. The lowest BCUT2D eigenvalue weighted by molar-refractivity contribution is 0.219. The van der Waals surface area contributed by atoms with Crippen LogP contribution in [-0.4, -0.2) is 18.6 Å². The van der Waals surface area contributed by atoms with Crippen LogP contribution in [0, 0.1) is 0 Å². The van der Waals surface area contributed by atoms with E-state index in [1.807, 2.05) is 42.5 Å². The highest BCUT2D eigenvalue weighted by Crippen LogP contribution is 2.19. The molecule has 23 heavy (non-hydrogen) atoms. The van der Waals surface area contributed by atoms with E-state index in [0.29, 0.717) is 0 Å². The molecule has 2 aromatic heterocycles. The Labute approximate surface area is 136 Å². The predicted molar refractivity (Wildman–Crippen MR) is 88.2 cm³/mol. The minimum atomic E-state index is 0.753. The average Bonchev–Trinajstić information content (AvgIpc) is 3.27. The number of hydrogen-bond donors (Lipinski definition) is 0. The van der Waals surface area contributed by atoms with Crippen molar-refractivity contribution >= 4 is 0 Å². The summed E-state index contributed by atoms with van der Waals surface area (Å²) < 4.78 is 16.4. The number of methoxy groups -OCH3 is 1. The molecule has 2 heterocycles. The molecule has 4 heteroatoms. The molecule has 0 bridgehead atoms. The van der Waals surface area contributed by atoms with Gasteiger partial charge in [-0.05, 0) is 42.3 Å². The van der Waals surface area contributed by atoms with E-state index in [1.165, 1.54) is 5.56 Å². The molecule has 4 nitrogen and oxygen atoms in total. The fourth-order valence-corrected chi connectivity index (χ4v) is 2.65. The number of ether oxygens (including phenoxy) is 1. The summed E-state index contributed by atoms with van der Waals surface area (Å²) in [5, 5.41) is 0. The molecule has 0 atom stereocenters. The monoisotopic (exact) mass is 311 g/mol. The number of hydrogen-bond acceptors (Lipinski definition) is 4. The number of para-hydroxylation sites is 1. The van der Waals surface area contributed by atoms with Gasteiger partial charge in [0.25, 0.3) is 0 Å². The third kappa shape index (κ3) is 4.27. The molecule has 0 fully saturated rings. The van der Waals surface area contributed by atoms with E-state index in [4.69, 9.17) is 13.6 Å². The van der Waals surface area contributed by atoms with Crippen LogP contribution in [0.25, 0.3) is 0 Å². The number of nitrogens with zero attached hydrogens (tertiary/aromatic N) is 1. The first-order valence-corrected chi connectivity index (χ1v) is 7.74. The number of furan rings is 2. The summed E-state index contributed by atoms with van der Waals surface area (Å²) in [7, 11) is 1.71. The Hall–Kier alpha value is -2.46. The Morgan fingerprint density at radius 1 is 0.870 bits per heavy atom. The summed E-state index contributed by atoms with van der Waals surface area (Å²) >= 11 is 0. The summed E-state index contributed by atoms with van der Waals surface area (Å²) in [6.45, 7) is 2.40. The van der Waals surface area contributed by atoms with Crippen LogP contribution in [0.3, 0.4) is 0 Å². The second kappa shape index (κ2) is 7.70. The molecule has 0 spiro atoms. The zero-order chi connectivity index (χ0) is 15.9. The highest BCUT2D eigenvalue weighted by atomic mass is 16.5. The molecule has 3 rings (SSSR count). The maximum absolute atomic E-state index is 5.48. The van der Waals surface area contributed by atoms with E-state index in [2.05, 4.69) is 11.0 Å². The van der Waals surface area contributed by atoms with Crippen LogP contribution in [0.15, 0.2) is 69.9 Å². The van der Waals surface area contributed by atoms with E-state index < -0.39 is 0 Å². The summed E-state index contributed by atoms with van der Waals surface area (Å²) in [6, 6.07) is 16.0. The zero-order valence-corrected chi connectivity index (χ0v) is 13.3. The SMILES string of the molecule is COc1ccccc1CCN(Cc1ccco1)Cc1ccco1. The fourth-order valence-electron chi connectivity index (χ4n) is 2.65. The molecule has 0 unspecified atom stereocenters. The first kappa shape index (κ1) is 15.4. The van der Waals surface area contributed by atoms with Crippen molar-refractivity contribution in [2.24, 2.45) is 0 Å². The molecule has 0 saturated carbocycles. The van der Waals surface area contributed by atoms with Gasteiger partial charge in [-0.25, -0.2) is 0 Å². The summed E-state index contributed by atoms with van der Waals surface area (Å²) in [5.41, 5.74) is 1.21. The fraction of sp³-hybridized carbons (Fsp3) is 0.263. The van der Waals surface area contributed by atoms with Gasteiger partial charge in [0.1, 0.15) is 17.3 Å². The van der Waals surface area contributed by atoms with Gasteiger partial charge < -0.3 is 13.6 Å². The third-order valence-electron chi connectivity index (χ3n) is 3.81. The molecule has 0 N–H and O–H groups in total. The van der Waals surface area contributed by atoms with Gasteiger partial charge >= 0.3 is 0 Å². The molecule has 0 aliphatic rings. The van der Waals surface area contributed by atoms with Gasteiger partial charge in [0.05, 0.1) is 32.7 Å². The van der Waals surface area contributed by atoms with E-state index >= 15 is 0 Å². The smallest absolute Gasteiger partial charge is 0.122 e. The Balaban J connectivity index is 1.67. The van der Waals surface area contributed by atoms with Gasteiger partial charge in [-0.1, -0.05) is 18.2 Å². The van der Waals surface area contributed by atoms with E-state index in [-0.39, 0.29) is 0 Å². The van der Waals surface area contributed by atoms with Gasteiger partial charge in [-0.15, -0.1) is 0 Å². The zero-order valence-electron chi connectivity index (χ0n) is 13.3. The van der Waals surface area contributed by atoms with Crippen molar-refractivity contribution in [1.29, 1.82) is 0 Å². The highest BCUT2D eigenvalue weighted by Gasteiger charge is 2.12. The second-order valence-corrected chi connectivity index (χ2v) is 5.43. The number of benzene rings is 1. The van der Waals surface area contributed by atoms with Crippen molar-refractivity contribution in [1.82, 2.24) is 4.90 Å². The lowest BCUT2D eigenvalue weighted by Gasteiger charge is -2.20. The van der Waals surface area contributed by atoms with Gasteiger partial charge in [0.15, 0.2) is 0 Å². The van der Waals surface area contributed by atoms with Gasteiger partial charge in [0.2, 0.25) is 0 Å². The van der Waals surface area contributed by atoms with Gasteiger partial charge in [0, 0.05) is 6.54 Å². The van der Waals surface area contributed by atoms with Gasteiger partial charge in [-0.2, -0.15) is 0 Å². The van der Waals surface area contributed by atoms with Crippen molar-refractivity contribution in [2.45, 2.75) is 19.5 Å². The third-order valence-corrected chi connectivity index (χ3v) is 3.81. The molecule has 1 aromatic carbocycles. The number of rotatable bonds is 8. The minimum Gasteiger partial charge on any atom is -0.496 e. The van der Waals surface area contributed by atoms with Crippen molar-refractivity contribution in [3.05, 3.63) is 78.1 Å². The van der Waals surface area contributed by atoms with Crippen LogP contribution < -0.4 is 4.74 Å². The van der Waals surface area contributed by atoms with Crippen LogP contribution in [0.5, 0.6) is 5.75 Å². The molecule has 0 amide bonds. The molecule has 0 aliphatic carbocycles. The van der Waals surface area contributed by atoms with E-state index in [1.54, 1.807) is 19.6 Å². The van der Waals surface area contributed by atoms with Crippen LogP contribution in [-0.2, 0) is 19.5 Å². The summed E-state index contributed by atoms with van der Waals surface area (Å²) in [4.78, 5) is 2.31. The van der Waals surface area contributed by atoms with Crippen LogP contribution in [0.1, 0.15) is 17.1 Å². The Bertz CT molecular complexity index is 653. The maximum Gasteiger partial charge on any atom is 0.122 e. The Morgan fingerprint density at radius 3 is 2.09 bits per heavy atom. The summed E-state index contributed by atoms with van der Waals surface area (Å²) in [6.07, 6.45) is 4.33. The molecule has 3 aromatic rings. The van der Waals surface area contributed by atoms with Crippen LogP contribution in [0.4, 0.5) is 0 Å². The molecule has 120 valence electrons. The first-order chi connectivity index (χ1) is 11.3. The van der Waals surface area contributed by atoms with E-state index in [0.717, 1.165) is 43.3 Å². The largest absolute Gasteiger partial charge is 0.496 e.